The number of nitrogens with zero attached hydrogens (tertiary/aromatic N) is 4. The molecule has 0 radical (unpaired) electrons. The van der Waals surface area contributed by atoms with Gasteiger partial charge in [-0.25, -0.2) is 4.99 Å². The van der Waals surface area contributed by atoms with Gasteiger partial charge < -0.3 is 15.2 Å². The summed E-state index contributed by atoms with van der Waals surface area (Å²) in [5.41, 5.74) is 2.65. The van der Waals surface area contributed by atoms with E-state index in [0.29, 0.717) is 19.1 Å². The van der Waals surface area contributed by atoms with Crippen LogP contribution in [0.5, 0.6) is 0 Å². The zero-order valence-electron chi connectivity index (χ0n) is 16.1. The number of aromatic nitrogens is 3. The minimum atomic E-state index is 0.518. The smallest absolute Gasteiger partial charge is 0.192 e. The summed E-state index contributed by atoms with van der Waals surface area (Å²) in [4.78, 5) is 4.85. The Morgan fingerprint density at radius 1 is 1.19 bits per heavy atom. The fourth-order valence-corrected chi connectivity index (χ4v) is 3.40. The van der Waals surface area contributed by atoms with Crippen LogP contribution in [0.25, 0.3) is 0 Å². The van der Waals surface area contributed by atoms with Gasteiger partial charge in [0.2, 0.25) is 0 Å². The standard InChI is InChI=1S/C20H30N6/c1-4-16-9-5-6-10-17(16)13-21-20(23-18-11-7-8-12-18)22-14-19-25-24-15(2)26(19)3/h5-6,9-10,18H,4,7-8,11-14H2,1-3H3,(H2,21,22,23). The highest BCUT2D eigenvalue weighted by Gasteiger charge is 2.16. The van der Waals surface area contributed by atoms with E-state index >= 15 is 0 Å². The normalized spacial score (nSPS) is 15.4. The molecule has 2 aromatic rings. The van der Waals surface area contributed by atoms with Crippen LogP contribution in [0.2, 0.25) is 0 Å². The Labute approximate surface area is 156 Å². The number of hydrogen-bond acceptors (Lipinski definition) is 3. The van der Waals surface area contributed by atoms with Crippen molar-refractivity contribution in [1.82, 2.24) is 25.4 Å². The molecule has 1 heterocycles. The van der Waals surface area contributed by atoms with E-state index in [-0.39, 0.29) is 0 Å². The van der Waals surface area contributed by atoms with Crippen molar-refractivity contribution in [2.75, 3.05) is 0 Å². The van der Waals surface area contributed by atoms with Gasteiger partial charge in [0.05, 0.1) is 13.1 Å². The van der Waals surface area contributed by atoms with Gasteiger partial charge in [-0.15, -0.1) is 10.2 Å². The highest BCUT2D eigenvalue weighted by molar-refractivity contribution is 5.80. The molecule has 0 unspecified atom stereocenters. The average Bonchev–Trinajstić information content (AvgIpc) is 3.28. The quantitative estimate of drug-likeness (QED) is 0.618. The van der Waals surface area contributed by atoms with E-state index in [2.05, 4.69) is 52.0 Å². The minimum absolute atomic E-state index is 0.518. The van der Waals surface area contributed by atoms with Crippen LogP contribution in [-0.4, -0.2) is 26.8 Å². The van der Waals surface area contributed by atoms with Crippen LogP contribution >= 0.6 is 0 Å². The first-order valence-electron chi connectivity index (χ1n) is 9.64. The molecule has 0 bridgehead atoms. The maximum atomic E-state index is 4.85. The number of hydrogen-bond donors (Lipinski definition) is 2. The van der Waals surface area contributed by atoms with Crippen molar-refractivity contribution in [1.29, 1.82) is 0 Å². The van der Waals surface area contributed by atoms with Crippen molar-refractivity contribution in [3.63, 3.8) is 0 Å². The molecular formula is C20H30N6. The van der Waals surface area contributed by atoms with Crippen molar-refractivity contribution in [3.05, 3.63) is 47.0 Å². The molecule has 1 aromatic heterocycles. The fourth-order valence-electron chi connectivity index (χ4n) is 3.40. The zero-order valence-corrected chi connectivity index (χ0v) is 16.1. The molecule has 0 atom stereocenters. The van der Waals surface area contributed by atoms with Crippen LogP contribution < -0.4 is 10.6 Å². The first-order chi connectivity index (χ1) is 12.7. The molecule has 0 spiro atoms. The predicted octanol–water partition coefficient (Wildman–Crippen LogP) is 2.86. The summed E-state index contributed by atoms with van der Waals surface area (Å²) in [6.45, 7) is 5.45. The van der Waals surface area contributed by atoms with E-state index in [0.717, 1.165) is 24.0 Å². The van der Waals surface area contributed by atoms with Crippen LogP contribution in [0.1, 0.15) is 55.4 Å². The van der Waals surface area contributed by atoms with Crippen LogP contribution in [0.15, 0.2) is 29.3 Å². The average molecular weight is 355 g/mol. The summed E-state index contributed by atoms with van der Waals surface area (Å²) in [5.74, 6) is 2.70. The third kappa shape index (κ3) is 4.62. The number of aryl methyl sites for hydroxylation is 2. The van der Waals surface area contributed by atoms with Gasteiger partial charge in [-0.3, -0.25) is 0 Å². The van der Waals surface area contributed by atoms with Gasteiger partial charge >= 0.3 is 0 Å². The van der Waals surface area contributed by atoms with Crippen molar-refractivity contribution in [2.24, 2.45) is 12.0 Å². The van der Waals surface area contributed by atoms with Crippen LogP contribution in [0, 0.1) is 6.92 Å². The molecular weight excluding hydrogens is 324 g/mol. The second kappa shape index (κ2) is 8.83. The SMILES string of the molecule is CCc1ccccc1CN=C(NCc1nnc(C)n1C)NC1CCCC1. The molecule has 6 nitrogen and oxygen atoms in total. The second-order valence-electron chi connectivity index (χ2n) is 6.99. The Morgan fingerprint density at radius 2 is 1.92 bits per heavy atom. The molecule has 1 fully saturated rings. The Bertz CT molecular complexity index is 743. The molecule has 0 aliphatic heterocycles. The van der Waals surface area contributed by atoms with Crippen molar-refractivity contribution < 1.29 is 0 Å². The number of nitrogens with one attached hydrogen (secondary N) is 2. The van der Waals surface area contributed by atoms with E-state index in [9.17, 15) is 0 Å². The summed E-state index contributed by atoms with van der Waals surface area (Å²) >= 11 is 0. The molecule has 1 aliphatic rings. The highest BCUT2D eigenvalue weighted by atomic mass is 15.3. The lowest BCUT2D eigenvalue weighted by Gasteiger charge is -2.17. The first-order valence-corrected chi connectivity index (χ1v) is 9.64. The summed E-state index contributed by atoms with van der Waals surface area (Å²) in [6.07, 6.45) is 6.06. The first kappa shape index (κ1) is 18.4. The van der Waals surface area contributed by atoms with E-state index in [1.807, 2.05) is 18.5 Å². The van der Waals surface area contributed by atoms with Crippen molar-refractivity contribution in [2.45, 2.75) is 65.1 Å². The molecule has 2 N–H and O–H groups in total. The van der Waals surface area contributed by atoms with Gasteiger partial charge in [-0.05, 0) is 37.3 Å². The fraction of sp³-hybridized carbons (Fsp3) is 0.550. The number of guanidine groups is 1. The molecule has 1 aliphatic carbocycles. The predicted molar refractivity (Wildman–Crippen MR) is 105 cm³/mol. The molecule has 0 amide bonds. The van der Waals surface area contributed by atoms with Gasteiger partial charge in [-0.2, -0.15) is 0 Å². The number of aliphatic imine (C=N–C) groups is 1. The number of rotatable bonds is 6. The van der Waals surface area contributed by atoms with E-state index in [4.69, 9.17) is 4.99 Å². The van der Waals surface area contributed by atoms with Gasteiger partial charge in [0.1, 0.15) is 5.82 Å². The van der Waals surface area contributed by atoms with Crippen LogP contribution in [0.3, 0.4) is 0 Å². The molecule has 26 heavy (non-hydrogen) atoms. The van der Waals surface area contributed by atoms with Crippen LogP contribution in [0.4, 0.5) is 0 Å². The summed E-state index contributed by atoms with van der Waals surface area (Å²) < 4.78 is 2.01. The Kier molecular flexibility index (Phi) is 6.26. The Hall–Kier alpha value is -2.37. The maximum absolute atomic E-state index is 4.85. The zero-order chi connectivity index (χ0) is 18.4. The second-order valence-corrected chi connectivity index (χ2v) is 6.99. The van der Waals surface area contributed by atoms with Gasteiger partial charge in [0.25, 0.3) is 0 Å². The Morgan fingerprint density at radius 3 is 2.58 bits per heavy atom. The van der Waals surface area contributed by atoms with Gasteiger partial charge in [0.15, 0.2) is 11.8 Å². The summed E-state index contributed by atoms with van der Waals surface area (Å²) in [7, 11) is 1.99. The molecule has 1 aromatic carbocycles. The maximum Gasteiger partial charge on any atom is 0.192 e. The topological polar surface area (TPSA) is 67.1 Å². The highest BCUT2D eigenvalue weighted by Crippen LogP contribution is 2.17. The van der Waals surface area contributed by atoms with Crippen LogP contribution in [-0.2, 0) is 26.6 Å². The molecule has 140 valence electrons. The molecule has 6 heteroatoms. The van der Waals surface area contributed by atoms with Crippen molar-refractivity contribution >= 4 is 5.96 Å². The summed E-state index contributed by atoms with van der Waals surface area (Å²) in [6, 6.07) is 9.05. The van der Waals surface area contributed by atoms with E-state index in [1.54, 1.807) is 0 Å². The van der Waals surface area contributed by atoms with E-state index < -0.39 is 0 Å². The largest absolute Gasteiger partial charge is 0.354 e. The molecule has 3 rings (SSSR count). The van der Waals surface area contributed by atoms with E-state index in [1.165, 1.54) is 36.8 Å². The lowest BCUT2D eigenvalue weighted by atomic mass is 10.1. The monoisotopic (exact) mass is 354 g/mol. The minimum Gasteiger partial charge on any atom is -0.354 e. The lowest BCUT2D eigenvalue weighted by molar-refractivity contribution is 0.606. The molecule has 0 saturated heterocycles. The third-order valence-electron chi connectivity index (χ3n) is 5.20. The van der Waals surface area contributed by atoms with Gasteiger partial charge in [0, 0.05) is 13.1 Å². The van der Waals surface area contributed by atoms with Crippen molar-refractivity contribution in [3.8, 4) is 0 Å². The Balaban J connectivity index is 1.70. The lowest BCUT2D eigenvalue weighted by Crippen LogP contribution is -2.42. The summed E-state index contributed by atoms with van der Waals surface area (Å²) in [5, 5.41) is 15.4. The number of benzene rings is 1. The molecule has 1 saturated carbocycles. The van der Waals surface area contributed by atoms with Gasteiger partial charge in [-0.1, -0.05) is 44.0 Å². The third-order valence-corrected chi connectivity index (χ3v) is 5.20.